The molecule has 5 heteroatoms. The van der Waals surface area contributed by atoms with E-state index in [0.29, 0.717) is 12.3 Å². The van der Waals surface area contributed by atoms with Gasteiger partial charge in [-0.05, 0) is 52.0 Å². The molecule has 0 radical (unpaired) electrons. The lowest BCUT2D eigenvalue weighted by Gasteiger charge is -2.20. The summed E-state index contributed by atoms with van der Waals surface area (Å²) in [5, 5.41) is 4.14. The molecule has 0 aliphatic rings. The van der Waals surface area contributed by atoms with Crippen molar-refractivity contribution in [2.75, 3.05) is 0 Å². The van der Waals surface area contributed by atoms with Crippen LogP contribution in [0.4, 0.5) is 0 Å². The third-order valence-corrected chi connectivity index (χ3v) is 3.47. The van der Waals surface area contributed by atoms with Crippen LogP contribution in [0.25, 0.3) is 5.65 Å². The summed E-state index contributed by atoms with van der Waals surface area (Å²) in [4.78, 5) is 16.3. The van der Waals surface area contributed by atoms with E-state index in [1.165, 1.54) is 0 Å². The quantitative estimate of drug-likeness (QED) is 0.767. The third-order valence-electron chi connectivity index (χ3n) is 3.47. The molecule has 0 saturated carbocycles. The van der Waals surface area contributed by atoms with E-state index in [1.54, 1.807) is 10.7 Å². The largest absolute Gasteiger partial charge is 0.460 e. The highest BCUT2D eigenvalue weighted by Gasteiger charge is 2.16. The van der Waals surface area contributed by atoms with Crippen molar-refractivity contribution in [2.45, 2.75) is 59.0 Å². The van der Waals surface area contributed by atoms with Crippen LogP contribution >= 0.6 is 0 Å². The molecule has 0 fully saturated rings. The van der Waals surface area contributed by atoms with Crippen molar-refractivity contribution in [3.63, 3.8) is 0 Å². The maximum Gasteiger partial charge on any atom is 0.306 e. The van der Waals surface area contributed by atoms with Gasteiger partial charge in [-0.2, -0.15) is 5.10 Å². The van der Waals surface area contributed by atoms with Crippen molar-refractivity contribution >= 4 is 11.6 Å². The van der Waals surface area contributed by atoms with Gasteiger partial charge in [-0.25, -0.2) is 9.50 Å². The van der Waals surface area contributed by atoms with Crippen LogP contribution in [0.3, 0.4) is 0 Å². The predicted octanol–water partition coefficient (Wildman–Crippen LogP) is 3.42. The van der Waals surface area contributed by atoms with E-state index < -0.39 is 5.60 Å². The number of ether oxygens (including phenoxy) is 1. The van der Waals surface area contributed by atoms with Gasteiger partial charge in [0.1, 0.15) is 5.60 Å². The standard InChI is InChI=1S/C17H25N3O2/c1-13(6-8-16(21)22-17(2,3)4)5-7-14-10-12-20-15(19-14)9-11-18-20/h9-13H,5-8H2,1-4H3. The summed E-state index contributed by atoms with van der Waals surface area (Å²) in [6.45, 7) is 7.85. The van der Waals surface area contributed by atoms with E-state index in [0.717, 1.165) is 30.6 Å². The molecule has 0 saturated heterocycles. The van der Waals surface area contributed by atoms with Crippen molar-refractivity contribution in [2.24, 2.45) is 5.92 Å². The zero-order chi connectivity index (χ0) is 16.2. The van der Waals surface area contributed by atoms with Crippen LogP contribution in [-0.2, 0) is 16.0 Å². The van der Waals surface area contributed by atoms with Gasteiger partial charge in [0.05, 0.1) is 6.20 Å². The second kappa shape index (κ2) is 6.90. The Balaban J connectivity index is 1.75. The van der Waals surface area contributed by atoms with Gasteiger partial charge in [0.25, 0.3) is 0 Å². The van der Waals surface area contributed by atoms with Crippen molar-refractivity contribution in [3.8, 4) is 0 Å². The minimum absolute atomic E-state index is 0.113. The maximum absolute atomic E-state index is 11.7. The van der Waals surface area contributed by atoms with Crippen LogP contribution in [0.2, 0.25) is 0 Å². The van der Waals surface area contributed by atoms with Gasteiger partial charge in [-0.1, -0.05) is 6.92 Å². The molecule has 0 N–H and O–H groups in total. The molecule has 0 bridgehead atoms. The molecule has 1 unspecified atom stereocenters. The molecule has 0 aromatic carbocycles. The zero-order valence-corrected chi connectivity index (χ0v) is 13.9. The van der Waals surface area contributed by atoms with Crippen LogP contribution in [0.1, 0.15) is 52.7 Å². The molecule has 0 aliphatic heterocycles. The molecule has 2 heterocycles. The molecule has 0 spiro atoms. The van der Waals surface area contributed by atoms with Crippen molar-refractivity contribution in [1.82, 2.24) is 14.6 Å². The van der Waals surface area contributed by atoms with E-state index in [2.05, 4.69) is 17.0 Å². The molecule has 2 aromatic heterocycles. The first kappa shape index (κ1) is 16.5. The SMILES string of the molecule is CC(CCC(=O)OC(C)(C)C)CCc1ccn2nccc2n1. The first-order chi connectivity index (χ1) is 10.3. The Morgan fingerprint density at radius 3 is 2.82 bits per heavy atom. The average Bonchev–Trinajstić information content (AvgIpc) is 2.88. The highest BCUT2D eigenvalue weighted by atomic mass is 16.6. The topological polar surface area (TPSA) is 56.5 Å². The number of carbonyl (C=O) groups is 1. The number of hydrogen-bond acceptors (Lipinski definition) is 4. The number of aryl methyl sites for hydroxylation is 1. The maximum atomic E-state index is 11.7. The van der Waals surface area contributed by atoms with Crippen LogP contribution in [0.15, 0.2) is 24.5 Å². The fourth-order valence-electron chi connectivity index (χ4n) is 2.29. The average molecular weight is 303 g/mol. The highest BCUT2D eigenvalue weighted by molar-refractivity contribution is 5.69. The third kappa shape index (κ3) is 5.13. The van der Waals surface area contributed by atoms with Gasteiger partial charge in [0.15, 0.2) is 5.65 Å². The smallest absolute Gasteiger partial charge is 0.306 e. The number of aromatic nitrogens is 3. The van der Waals surface area contributed by atoms with E-state index in [4.69, 9.17) is 4.74 Å². The van der Waals surface area contributed by atoms with Crippen molar-refractivity contribution in [1.29, 1.82) is 0 Å². The Labute approximate surface area is 131 Å². The van der Waals surface area contributed by atoms with Gasteiger partial charge >= 0.3 is 5.97 Å². The molecule has 5 nitrogen and oxygen atoms in total. The summed E-state index contributed by atoms with van der Waals surface area (Å²) < 4.78 is 7.09. The van der Waals surface area contributed by atoms with Gasteiger partial charge in [-0.3, -0.25) is 4.79 Å². The Morgan fingerprint density at radius 1 is 1.32 bits per heavy atom. The molecule has 2 rings (SSSR count). The Morgan fingerprint density at radius 2 is 2.09 bits per heavy atom. The number of carbonyl (C=O) groups excluding carboxylic acids is 1. The van der Waals surface area contributed by atoms with Crippen molar-refractivity contribution in [3.05, 3.63) is 30.2 Å². The van der Waals surface area contributed by atoms with Gasteiger partial charge < -0.3 is 4.74 Å². The van der Waals surface area contributed by atoms with E-state index in [9.17, 15) is 4.79 Å². The van der Waals surface area contributed by atoms with Crippen LogP contribution in [0.5, 0.6) is 0 Å². The monoisotopic (exact) mass is 303 g/mol. The van der Waals surface area contributed by atoms with Gasteiger partial charge in [-0.15, -0.1) is 0 Å². The first-order valence-electron chi connectivity index (χ1n) is 7.84. The minimum atomic E-state index is -0.398. The molecule has 1 atom stereocenters. The highest BCUT2D eigenvalue weighted by Crippen LogP contribution is 2.16. The Hall–Kier alpha value is -1.91. The molecule has 120 valence electrons. The van der Waals surface area contributed by atoms with Crippen LogP contribution in [0, 0.1) is 5.92 Å². The lowest BCUT2D eigenvalue weighted by Crippen LogP contribution is -2.24. The summed E-state index contributed by atoms with van der Waals surface area (Å²) in [6, 6.07) is 3.90. The summed E-state index contributed by atoms with van der Waals surface area (Å²) in [5.41, 5.74) is 1.54. The molecule has 2 aromatic rings. The molecule has 0 amide bonds. The van der Waals surface area contributed by atoms with Crippen LogP contribution in [-0.4, -0.2) is 26.2 Å². The normalized spacial score (nSPS) is 13.3. The molecular weight excluding hydrogens is 278 g/mol. The van der Waals surface area contributed by atoms with Gasteiger partial charge in [0, 0.05) is 24.4 Å². The minimum Gasteiger partial charge on any atom is -0.460 e. The number of rotatable bonds is 6. The predicted molar refractivity (Wildman–Crippen MR) is 85.6 cm³/mol. The Bertz CT molecular complexity index is 628. The number of fused-ring (bicyclic) bond motifs is 1. The zero-order valence-electron chi connectivity index (χ0n) is 13.9. The second-order valence-corrected chi connectivity index (χ2v) is 6.82. The lowest BCUT2D eigenvalue weighted by atomic mass is 9.98. The summed E-state index contributed by atoms with van der Waals surface area (Å²) >= 11 is 0. The molecular formula is C17H25N3O2. The summed E-state index contributed by atoms with van der Waals surface area (Å²) in [7, 11) is 0. The van der Waals surface area contributed by atoms with Gasteiger partial charge in [0.2, 0.25) is 0 Å². The second-order valence-electron chi connectivity index (χ2n) is 6.82. The lowest BCUT2D eigenvalue weighted by molar-refractivity contribution is -0.155. The summed E-state index contributed by atoms with van der Waals surface area (Å²) in [6.07, 6.45) is 6.94. The fraction of sp³-hybridized carbons (Fsp3) is 0.588. The number of esters is 1. The van der Waals surface area contributed by atoms with E-state index in [-0.39, 0.29) is 5.97 Å². The van der Waals surface area contributed by atoms with Crippen molar-refractivity contribution < 1.29 is 9.53 Å². The van der Waals surface area contributed by atoms with Crippen LogP contribution < -0.4 is 0 Å². The molecule has 0 aliphatic carbocycles. The van der Waals surface area contributed by atoms with E-state index in [1.807, 2.05) is 39.1 Å². The summed E-state index contributed by atoms with van der Waals surface area (Å²) in [5.74, 6) is 0.355. The number of hydrogen-bond donors (Lipinski definition) is 0. The first-order valence-corrected chi connectivity index (χ1v) is 7.84. The molecule has 22 heavy (non-hydrogen) atoms. The fourth-order valence-corrected chi connectivity index (χ4v) is 2.29. The number of nitrogens with zero attached hydrogens (tertiary/aromatic N) is 3. The Kier molecular flexibility index (Phi) is 5.16. The van der Waals surface area contributed by atoms with E-state index >= 15 is 0 Å².